The van der Waals surface area contributed by atoms with Gasteiger partial charge in [0.2, 0.25) is 5.91 Å². The van der Waals surface area contributed by atoms with E-state index in [-0.39, 0.29) is 5.91 Å². The highest BCUT2D eigenvalue weighted by atomic mass is 35.5. The minimum absolute atomic E-state index is 0.0536. The Hall–Kier alpha value is -1.56. The van der Waals surface area contributed by atoms with Gasteiger partial charge >= 0.3 is 0 Å². The van der Waals surface area contributed by atoms with Gasteiger partial charge in [-0.1, -0.05) is 17.7 Å². The number of nitrogens with one attached hydrogen (secondary N) is 1. The van der Waals surface area contributed by atoms with Crippen LogP contribution in [0, 0.1) is 0 Å². The number of nitrogens with zero attached hydrogens (tertiary/aromatic N) is 2. The number of likely N-dealkylation sites (N-methyl/N-ethyl adjacent to an activating group) is 1. The minimum atomic E-state index is 0.0536. The highest BCUT2D eigenvalue weighted by Crippen LogP contribution is 2.20. The lowest BCUT2D eigenvalue weighted by molar-refractivity contribution is -0.122. The Morgan fingerprint density at radius 3 is 2.79 bits per heavy atom. The summed E-state index contributed by atoms with van der Waals surface area (Å²) >= 11 is 7.63. The lowest BCUT2D eigenvalue weighted by Gasteiger charge is -2.16. The van der Waals surface area contributed by atoms with Crippen molar-refractivity contribution in [3.63, 3.8) is 0 Å². The Morgan fingerprint density at radius 1 is 1.29 bits per heavy atom. The minimum Gasteiger partial charge on any atom is -0.355 e. The molecule has 0 radical (unpaired) electrons. The SMILES string of the molecule is CN(CC(=O)NCCCSc1ccc(Cl)cc1)Cc1cccnc1. The van der Waals surface area contributed by atoms with Gasteiger partial charge in [-0.15, -0.1) is 11.8 Å². The summed E-state index contributed by atoms with van der Waals surface area (Å²) in [4.78, 5) is 19.2. The third kappa shape index (κ3) is 7.34. The molecule has 128 valence electrons. The van der Waals surface area contributed by atoms with E-state index in [1.54, 1.807) is 18.0 Å². The summed E-state index contributed by atoms with van der Waals surface area (Å²) in [5, 5.41) is 3.72. The molecule has 0 fully saturated rings. The molecule has 0 aliphatic heterocycles. The van der Waals surface area contributed by atoms with E-state index >= 15 is 0 Å². The predicted molar refractivity (Wildman–Crippen MR) is 100 cm³/mol. The van der Waals surface area contributed by atoms with Crippen molar-refractivity contribution in [2.45, 2.75) is 17.9 Å². The molecular weight excluding hydrogens is 342 g/mol. The molecule has 24 heavy (non-hydrogen) atoms. The number of rotatable bonds is 9. The predicted octanol–water partition coefficient (Wildman–Crippen LogP) is 3.47. The summed E-state index contributed by atoms with van der Waals surface area (Å²) in [6.07, 6.45) is 4.51. The molecule has 2 aromatic rings. The van der Waals surface area contributed by atoms with Crippen LogP contribution < -0.4 is 5.32 Å². The number of carbonyl (C=O) groups excluding carboxylic acids is 1. The van der Waals surface area contributed by atoms with Gasteiger partial charge in [0.25, 0.3) is 0 Å². The molecule has 6 heteroatoms. The Bertz CT molecular complexity index is 622. The van der Waals surface area contributed by atoms with Gasteiger partial charge in [-0.25, -0.2) is 0 Å². The van der Waals surface area contributed by atoms with E-state index in [0.717, 1.165) is 22.8 Å². The maximum Gasteiger partial charge on any atom is 0.234 e. The lowest BCUT2D eigenvalue weighted by Crippen LogP contribution is -2.35. The zero-order valence-corrected chi connectivity index (χ0v) is 15.3. The van der Waals surface area contributed by atoms with Crippen molar-refractivity contribution in [3.05, 3.63) is 59.4 Å². The van der Waals surface area contributed by atoms with Gasteiger partial charge in [-0.3, -0.25) is 14.7 Å². The van der Waals surface area contributed by atoms with Crippen molar-refractivity contribution >= 4 is 29.3 Å². The van der Waals surface area contributed by atoms with Gasteiger partial charge in [0, 0.05) is 35.4 Å². The monoisotopic (exact) mass is 363 g/mol. The van der Waals surface area contributed by atoms with E-state index in [0.29, 0.717) is 19.6 Å². The highest BCUT2D eigenvalue weighted by Gasteiger charge is 2.06. The molecular formula is C18H22ClN3OS. The summed E-state index contributed by atoms with van der Waals surface area (Å²) in [7, 11) is 1.93. The second-order valence-corrected chi connectivity index (χ2v) is 7.14. The smallest absolute Gasteiger partial charge is 0.234 e. The van der Waals surface area contributed by atoms with E-state index in [2.05, 4.69) is 10.3 Å². The van der Waals surface area contributed by atoms with Gasteiger partial charge in [0.05, 0.1) is 6.54 Å². The topological polar surface area (TPSA) is 45.2 Å². The Morgan fingerprint density at radius 2 is 2.08 bits per heavy atom. The van der Waals surface area contributed by atoms with Gasteiger partial charge in [0.15, 0.2) is 0 Å². The molecule has 0 bridgehead atoms. The van der Waals surface area contributed by atoms with E-state index in [1.807, 2.05) is 54.5 Å². The molecule has 1 aromatic carbocycles. The molecule has 0 aliphatic carbocycles. The average molecular weight is 364 g/mol. The maximum absolute atomic E-state index is 11.9. The van der Waals surface area contributed by atoms with Crippen molar-refractivity contribution in [2.75, 3.05) is 25.9 Å². The molecule has 0 atom stereocenters. The fraction of sp³-hybridized carbons (Fsp3) is 0.333. The molecule has 1 N–H and O–H groups in total. The highest BCUT2D eigenvalue weighted by molar-refractivity contribution is 7.99. The number of pyridine rings is 1. The third-order valence-corrected chi connectivity index (χ3v) is 4.66. The molecule has 1 amide bonds. The molecule has 0 aliphatic rings. The first-order valence-corrected chi connectivity index (χ1v) is 9.22. The van der Waals surface area contributed by atoms with Crippen LogP contribution >= 0.6 is 23.4 Å². The molecule has 0 saturated heterocycles. The van der Waals surface area contributed by atoms with Crippen LogP contribution in [0.3, 0.4) is 0 Å². The first-order chi connectivity index (χ1) is 11.6. The standard InChI is InChI=1S/C18H22ClN3OS/c1-22(13-15-4-2-9-20-12-15)14-18(23)21-10-3-11-24-17-7-5-16(19)6-8-17/h2,4-9,12H,3,10-11,13-14H2,1H3,(H,21,23). The van der Waals surface area contributed by atoms with E-state index in [9.17, 15) is 4.79 Å². The van der Waals surface area contributed by atoms with Crippen LogP contribution in [0.4, 0.5) is 0 Å². The summed E-state index contributed by atoms with van der Waals surface area (Å²) in [5.74, 6) is 1.02. The lowest BCUT2D eigenvalue weighted by atomic mass is 10.3. The van der Waals surface area contributed by atoms with E-state index < -0.39 is 0 Å². The molecule has 0 unspecified atom stereocenters. The number of hydrogen-bond donors (Lipinski definition) is 1. The fourth-order valence-electron chi connectivity index (χ4n) is 2.18. The summed E-state index contributed by atoms with van der Waals surface area (Å²) in [6, 6.07) is 11.7. The maximum atomic E-state index is 11.9. The molecule has 1 heterocycles. The van der Waals surface area contributed by atoms with Gasteiger partial charge in [0.1, 0.15) is 0 Å². The largest absolute Gasteiger partial charge is 0.355 e. The Kier molecular flexibility index (Phi) is 8.08. The van der Waals surface area contributed by atoms with Crippen LogP contribution in [0.25, 0.3) is 0 Å². The number of carbonyl (C=O) groups is 1. The Labute approximate surface area is 152 Å². The number of thioether (sulfide) groups is 1. The number of amides is 1. The van der Waals surface area contributed by atoms with E-state index in [4.69, 9.17) is 11.6 Å². The van der Waals surface area contributed by atoms with Gasteiger partial charge in [-0.2, -0.15) is 0 Å². The number of benzene rings is 1. The van der Waals surface area contributed by atoms with Crippen LogP contribution in [-0.2, 0) is 11.3 Å². The van der Waals surface area contributed by atoms with Gasteiger partial charge in [-0.05, 0) is 55.1 Å². The second kappa shape index (κ2) is 10.3. The van der Waals surface area contributed by atoms with E-state index in [1.165, 1.54) is 4.90 Å². The van der Waals surface area contributed by atoms with Crippen molar-refractivity contribution in [3.8, 4) is 0 Å². The quantitative estimate of drug-likeness (QED) is 0.547. The zero-order chi connectivity index (χ0) is 17.2. The van der Waals surface area contributed by atoms with Crippen molar-refractivity contribution in [1.82, 2.24) is 15.2 Å². The number of aromatic nitrogens is 1. The molecule has 4 nitrogen and oxygen atoms in total. The summed E-state index contributed by atoms with van der Waals surface area (Å²) in [5.41, 5.74) is 1.10. The van der Waals surface area contributed by atoms with Crippen LogP contribution in [0.2, 0.25) is 5.02 Å². The van der Waals surface area contributed by atoms with Crippen molar-refractivity contribution in [1.29, 1.82) is 0 Å². The third-order valence-electron chi connectivity index (χ3n) is 3.31. The molecule has 1 aromatic heterocycles. The van der Waals surface area contributed by atoms with Crippen LogP contribution in [0.5, 0.6) is 0 Å². The summed E-state index contributed by atoms with van der Waals surface area (Å²) in [6.45, 7) is 1.80. The number of halogens is 1. The first kappa shape index (κ1) is 18.8. The van der Waals surface area contributed by atoms with Gasteiger partial charge < -0.3 is 5.32 Å². The molecule has 0 spiro atoms. The Balaban J connectivity index is 1.57. The average Bonchev–Trinajstić information content (AvgIpc) is 2.57. The molecule has 0 saturated carbocycles. The fourth-order valence-corrected chi connectivity index (χ4v) is 3.16. The zero-order valence-electron chi connectivity index (χ0n) is 13.7. The first-order valence-electron chi connectivity index (χ1n) is 7.86. The van der Waals surface area contributed by atoms with Crippen LogP contribution in [-0.4, -0.2) is 41.7 Å². The van der Waals surface area contributed by atoms with Crippen molar-refractivity contribution < 1.29 is 4.79 Å². The normalized spacial score (nSPS) is 10.8. The summed E-state index contributed by atoms with van der Waals surface area (Å²) < 4.78 is 0. The number of hydrogen-bond acceptors (Lipinski definition) is 4. The van der Waals surface area contributed by atoms with Crippen LogP contribution in [0.15, 0.2) is 53.7 Å². The van der Waals surface area contributed by atoms with Crippen LogP contribution in [0.1, 0.15) is 12.0 Å². The van der Waals surface area contributed by atoms with Crippen molar-refractivity contribution in [2.24, 2.45) is 0 Å². The second-order valence-electron chi connectivity index (χ2n) is 5.54. The molecule has 2 rings (SSSR count).